The minimum atomic E-state index is -0.830. The zero-order valence-electron chi connectivity index (χ0n) is 7.86. The Hall–Kier alpha value is -0.330. The molecule has 82 valence electrons. The number of carboxylic acid groups (broad SMARTS) is 1. The predicted molar refractivity (Wildman–Crippen MR) is 54.0 cm³/mol. The number of hydrogen-bond donors (Lipinski definition) is 2. The monoisotopic (exact) mass is 222 g/mol. The Morgan fingerprint density at radius 3 is 3.00 bits per heavy atom. The Kier molecular flexibility index (Phi) is 4.64. The fraction of sp³-hybridized carbons (Fsp3) is 0.875. The van der Waals surface area contributed by atoms with E-state index in [4.69, 9.17) is 10.8 Å². The summed E-state index contributed by atoms with van der Waals surface area (Å²) in [5.41, 5.74) is 5.45. The summed E-state index contributed by atoms with van der Waals surface area (Å²) in [6, 6.07) is 0.0966. The number of alkyl halides is 1. The van der Waals surface area contributed by atoms with Gasteiger partial charge in [-0.1, -0.05) is 0 Å². The normalized spacial score (nSPS) is 28.1. The molecule has 0 aromatic heterocycles. The summed E-state index contributed by atoms with van der Waals surface area (Å²) in [6.07, 6.45) is -0.335. The third-order valence-electron chi connectivity index (χ3n) is 2.25. The Morgan fingerprint density at radius 1 is 1.71 bits per heavy atom. The first-order chi connectivity index (χ1) is 6.63. The number of likely N-dealkylation sites (tertiary alicyclic amines) is 1. The first-order valence-corrected chi connectivity index (χ1v) is 5.66. The Morgan fingerprint density at radius 2 is 2.43 bits per heavy atom. The maximum atomic E-state index is 13.0. The molecule has 0 aromatic rings. The van der Waals surface area contributed by atoms with Crippen molar-refractivity contribution in [1.82, 2.24) is 4.90 Å². The van der Waals surface area contributed by atoms with E-state index in [-0.39, 0.29) is 11.8 Å². The molecule has 3 N–H and O–H groups in total. The second kappa shape index (κ2) is 5.53. The molecule has 2 atom stereocenters. The second-order valence-corrected chi connectivity index (χ2v) is 4.38. The van der Waals surface area contributed by atoms with Crippen LogP contribution < -0.4 is 5.73 Å². The van der Waals surface area contributed by atoms with Gasteiger partial charge >= 0.3 is 5.97 Å². The molecule has 0 saturated carbocycles. The van der Waals surface area contributed by atoms with Crippen LogP contribution in [0.1, 0.15) is 6.42 Å². The van der Waals surface area contributed by atoms with Gasteiger partial charge in [0.1, 0.15) is 6.17 Å². The third kappa shape index (κ3) is 3.43. The van der Waals surface area contributed by atoms with E-state index in [1.54, 1.807) is 0 Å². The highest BCUT2D eigenvalue weighted by Gasteiger charge is 2.30. The number of carbonyl (C=O) groups is 1. The van der Waals surface area contributed by atoms with Gasteiger partial charge in [0.25, 0.3) is 0 Å². The van der Waals surface area contributed by atoms with E-state index in [1.807, 2.05) is 4.90 Å². The SMILES string of the molecule is NCN1CC(F)CC1CSCC(=O)O. The predicted octanol–water partition coefficient (Wildman–Crippen LogP) is 0.133. The molecule has 0 bridgehead atoms. The Balaban J connectivity index is 2.25. The van der Waals surface area contributed by atoms with Gasteiger partial charge in [-0.15, -0.1) is 11.8 Å². The highest BCUT2D eigenvalue weighted by Crippen LogP contribution is 2.22. The summed E-state index contributed by atoms with van der Waals surface area (Å²) in [6.45, 7) is 0.730. The lowest BCUT2D eigenvalue weighted by Gasteiger charge is -2.20. The quantitative estimate of drug-likeness (QED) is 0.692. The van der Waals surface area contributed by atoms with E-state index in [0.717, 1.165) is 0 Å². The fourth-order valence-corrected chi connectivity index (χ4v) is 2.51. The third-order valence-corrected chi connectivity index (χ3v) is 3.32. The summed E-state index contributed by atoms with van der Waals surface area (Å²) in [4.78, 5) is 12.1. The molecular weight excluding hydrogens is 207 g/mol. The van der Waals surface area contributed by atoms with Gasteiger partial charge in [-0.2, -0.15) is 0 Å². The summed E-state index contributed by atoms with van der Waals surface area (Å²) >= 11 is 1.32. The topological polar surface area (TPSA) is 66.6 Å². The van der Waals surface area contributed by atoms with E-state index in [1.165, 1.54) is 11.8 Å². The van der Waals surface area contributed by atoms with Crippen molar-refractivity contribution in [3.05, 3.63) is 0 Å². The van der Waals surface area contributed by atoms with Crippen molar-refractivity contribution in [2.75, 3.05) is 24.7 Å². The first-order valence-electron chi connectivity index (χ1n) is 4.51. The molecule has 0 amide bonds. The van der Waals surface area contributed by atoms with Crippen LogP contribution in [-0.4, -0.2) is 52.9 Å². The van der Waals surface area contributed by atoms with Crippen molar-refractivity contribution in [2.24, 2.45) is 5.73 Å². The molecule has 1 rings (SSSR count). The number of hydrogen-bond acceptors (Lipinski definition) is 4. The van der Waals surface area contributed by atoms with Crippen LogP contribution in [0.25, 0.3) is 0 Å². The minimum Gasteiger partial charge on any atom is -0.481 e. The molecule has 1 saturated heterocycles. The number of nitrogens with zero attached hydrogens (tertiary/aromatic N) is 1. The average Bonchev–Trinajstić information content (AvgIpc) is 2.45. The summed E-state index contributed by atoms with van der Waals surface area (Å²) in [5, 5.41) is 8.43. The molecule has 4 nitrogen and oxygen atoms in total. The standard InChI is InChI=1S/C8H15FN2O2S/c9-6-1-7(11(2-6)5-10)3-14-4-8(12)13/h6-7H,1-5,10H2,(H,12,13). The van der Waals surface area contributed by atoms with Crippen LogP contribution >= 0.6 is 11.8 Å². The van der Waals surface area contributed by atoms with Crippen LogP contribution in [0.15, 0.2) is 0 Å². The zero-order valence-corrected chi connectivity index (χ0v) is 8.67. The highest BCUT2D eigenvalue weighted by molar-refractivity contribution is 7.99. The number of rotatable bonds is 5. The molecule has 14 heavy (non-hydrogen) atoms. The minimum absolute atomic E-state index is 0.0753. The van der Waals surface area contributed by atoms with Gasteiger partial charge in [0.15, 0.2) is 0 Å². The van der Waals surface area contributed by atoms with Gasteiger partial charge in [0, 0.05) is 25.0 Å². The lowest BCUT2D eigenvalue weighted by atomic mass is 10.2. The molecule has 1 aliphatic rings. The van der Waals surface area contributed by atoms with Crippen molar-refractivity contribution in [3.8, 4) is 0 Å². The maximum Gasteiger partial charge on any atom is 0.313 e. The molecule has 0 spiro atoms. The lowest BCUT2D eigenvalue weighted by Crippen LogP contribution is -2.36. The van der Waals surface area contributed by atoms with Gasteiger partial charge in [0.2, 0.25) is 0 Å². The van der Waals surface area contributed by atoms with Gasteiger partial charge in [-0.05, 0) is 6.42 Å². The summed E-state index contributed by atoms with van der Waals surface area (Å²) < 4.78 is 13.0. The lowest BCUT2D eigenvalue weighted by molar-refractivity contribution is -0.133. The van der Waals surface area contributed by atoms with Gasteiger partial charge in [-0.3, -0.25) is 9.69 Å². The van der Waals surface area contributed by atoms with Crippen molar-refractivity contribution >= 4 is 17.7 Å². The molecule has 0 aromatic carbocycles. The van der Waals surface area contributed by atoms with Gasteiger partial charge in [-0.25, -0.2) is 4.39 Å². The smallest absolute Gasteiger partial charge is 0.313 e. The molecular formula is C8H15FN2O2S. The van der Waals surface area contributed by atoms with Crippen molar-refractivity contribution in [1.29, 1.82) is 0 Å². The maximum absolute atomic E-state index is 13.0. The molecule has 0 radical (unpaired) electrons. The van der Waals surface area contributed by atoms with E-state index < -0.39 is 12.1 Å². The molecule has 0 aliphatic carbocycles. The second-order valence-electron chi connectivity index (χ2n) is 3.35. The average molecular weight is 222 g/mol. The van der Waals surface area contributed by atoms with Crippen molar-refractivity contribution in [2.45, 2.75) is 18.6 Å². The van der Waals surface area contributed by atoms with Gasteiger partial charge in [0.05, 0.1) is 5.75 Å². The van der Waals surface area contributed by atoms with Crippen LogP contribution in [0, 0.1) is 0 Å². The van der Waals surface area contributed by atoms with E-state index in [0.29, 0.717) is 25.4 Å². The highest BCUT2D eigenvalue weighted by atomic mass is 32.2. The summed E-state index contributed by atoms with van der Waals surface area (Å²) in [5.74, 6) is -0.112. The van der Waals surface area contributed by atoms with Crippen LogP contribution in [0.4, 0.5) is 4.39 Å². The zero-order chi connectivity index (χ0) is 10.6. The molecule has 1 aliphatic heterocycles. The largest absolute Gasteiger partial charge is 0.481 e. The van der Waals surface area contributed by atoms with Crippen molar-refractivity contribution in [3.63, 3.8) is 0 Å². The number of aliphatic carboxylic acids is 1. The number of nitrogens with two attached hydrogens (primary N) is 1. The molecule has 1 fully saturated rings. The molecule has 6 heteroatoms. The van der Waals surface area contributed by atoms with E-state index >= 15 is 0 Å². The molecule has 2 unspecified atom stereocenters. The van der Waals surface area contributed by atoms with Crippen LogP contribution in [-0.2, 0) is 4.79 Å². The van der Waals surface area contributed by atoms with Crippen LogP contribution in [0.3, 0.4) is 0 Å². The summed E-state index contributed by atoms with van der Waals surface area (Å²) in [7, 11) is 0. The van der Waals surface area contributed by atoms with Gasteiger partial charge < -0.3 is 10.8 Å². The molecule has 1 heterocycles. The van der Waals surface area contributed by atoms with E-state index in [9.17, 15) is 9.18 Å². The number of carboxylic acids is 1. The number of halogens is 1. The Labute approximate surface area is 86.6 Å². The fourth-order valence-electron chi connectivity index (χ4n) is 1.60. The van der Waals surface area contributed by atoms with Crippen LogP contribution in [0.5, 0.6) is 0 Å². The number of thioether (sulfide) groups is 1. The Bertz CT molecular complexity index is 206. The van der Waals surface area contributed by atoms with Crippen LogP contribution in [0.2, 0.25) is 0 Å². The first kappa shape index (κ1) is 11.7. The van der Waals surface area contributed by atoms with Crippen molar-refractivity contribution < 1.29 is 14.3 Å². The van der Waals surface area contributed by atoms with E-state index in [2.05, 4.69) is 0 Å².